The van der Waals surface area contributed by atoms with Crippen molar-refractivity contribution in [3.05, 3.63) is 0 Å². The highest BCUT2D eigenvalue weighted by Crippen LogP contribution is 1.93. The topological polar surface area (TPSA) is 135 Å². The predicted molar refractivity (Wildman–Crippen MR) is 47.3 cm³/mol. The fraction of sp³-hybridized carbons (Fsp3) is 0.714. The molecule has 0 unspecified atom stereocenters. The molecular weight excluding hydrogens is 210 g/mol. The minimum Gasteiger partial charge on any atom is -0.481 e. The summed E-state index contributed by atoms with van der Waals surface area (Å²) in [6, 6.07) is 0. The van der Waals surface area contributed by atoms with Crippen molar-refractivity contribution in [3.63, 3.8) is 0 Å². The Morgan fingerprint density at radius 3 is 1.20 bits per heavy atom. The maximum atomic E-state index is 9.43. The molecule has 0 bridgehead atoms. The minimum atomic E-state index is -1.31. The van der Waals surface area contributed by atoms with Crippen LogP contribution in [0, 0.1) is 0 Å². The Hall–Kier alpha value is -1.22. The number of aliphatic hydroxyl groups is 3. The quantitative estimate of drug-likeness (QED) is 0.204. The summed E-state index contributed by atoms with van der Waals surface area (Å²) in [6.45, 7) is -0.729. The van der Waals surface area contributed by atoms with Gasteiger partial charge in [0, 0.05) is 0 Å². The molecule has 0 radical (unpaired) electrons. The third kappa shape index (κ3) is 10.7. The normalized spacial score (nSPS) is 10.1. The SMILES string of the molecule is C[N+](CO)(CO)CO.O=C(O)CC(=O)O. The van der Waals surface area contributed by atoms with Crippen LogP contribution in [0.15, 0.2) is 0 Å². The lowest BCUT2D eigenvalue weighted by molar-refractivity contribution is -0.959. The van der Waals surface area contributed by atoms with Crippen LogP contribution in [-0.4, -0.2) is 69.2 Å². The molecule has 0 aromatic heterocycles. The monoisotopic (exact) mass is 226 g/mol. The summed E-state index contributed by atoms with van der Waals surface area (Å²) < 4.78 is -0.125. The highest BCUT2D eigenvalue weighted by atomic mass is 16.4. The number of hydrogen-bond acceptors (Lipinski definition) is 5. The maximum absolute atomic E-state index is 9.43. The molecule has 0 aliphatic heterocycles. The number of hydrogen-bond donors (Lipinski definition) is 5. The number of carboxylic acid groups (broad SMARTS) is 2. The van der Waals surface area contributed by atoms with Crippen molar-refractivity contribution in [2.45, 2.75) is 6.42 Å². The van der Waals surface area contributed by atoms with Gasteiger partial charge in [0.25, 0.3) is 0 Å². The Morgan fingerprint density at radius 1 is 0.933 bits per heavy atom. The molecule has 0 aromatic carbocycles. The van der Waals surface area contributed by atoms with Gasteiger partial charge >= 0.3 is 11.9 Å². The molecule has 0 amide bonds. The molecule has 0 aromatic rings. The zero-order valence-electron chi connectivity index (χ0n) is 8.33. The lowest BCUT2D eigenvalue weighted by atomic mass is 10.5. The summed E-state index contributed by atoms with van der Waals surface area (Å²) >= 11 is 0. The van der Waals surface area contributed by atoms with Gasteiger partial charge < -0.3 is 25.5 Å². The second kappa shape index (κ2) is 8.12. The molecule has 0 saturated heterocycles. The van der Waals surface area contributed by atoms with Gasteiger partial charge in [-0.3, -0.25) is 14.1 Å². The average molecular weight is 226 g/mol. The van der Waals surface area contributed by atoms with E-state index < -0.39 is 18.4 Å². The Labute approximate surface area is 86.2 Å². The second-order valence-corrected chi connectivity index (χ2v) is 3.01. The van der Waals surface area contributed by atoms with Gasteiger partial charge in [0.1, 0.15) is 6.42 Å². The molecule has 0 rings (SSSR count). The first kappa shape index (κ1) is 16.2. The second-order valence-electron chi connectivity index (χ2n) is 3.01. The van der Waals surface area contributed by atoms with Gasteiger partial charge in [0.2, 0.25) is 0 Å². The Morgan fingerprint density at radius 2 is 1.20 bits per heavy atom. The van der Waals surface area contributed by atoms with Crippen molar-refractivity contribution in [3.8, 4) is 0 Å². The first-order valence-corrected chi connectivity index (χ1v) is 3.91. The van der Waals surface area contributed by atoms with Crippen LogP contribution >= 0.6 is 0 Å². The predicted octanol–water partition coefficient (Wildman–Crippen LogP) is -2.17. The van der Waals surface area contributed by atoms with E-state index in [9.17, 15) is 9.59 Å². The Kier molecular flexibility index (Phi) is 8.78. The molecule has 0 saturated carbocycles. The van der Waals surface area contributed by atoms with Gasteiger partial charge in [-0.15, -0.1) is 0 Å². The van der Waals surface area contributed by atoms with Crippen LogP contribution in [0.5, 0.6) is 0 Å². The van der Waals surface area contributed by atoms with Crippen LogP contribution in [0.3, 0.4) is 0 Å². The Bertz CT molecular complexity index is 181. The van der Waals surface area contributed by atoms with E-state index >= 15 is 0 Å². The van der Waals surface area contributed by atoms with E-state index in [0.717, 1.165) is 0 Å². The van der Waals surface area contributed by atoms with Crippen LogP contribution in [0.25, 0.3) is 0 Å². The molecule has 8 heteroatoms. The van der Waals surface area contributed by atoms with Crippen molar-refractivity contribution in [1.82, 2.24) is 0 Å². The number of carbonyl (C=O) groups is 2. The van der Waals surface area contributed by atoms with E-state index in [2.05, 4.69) is 0 Å². The first-order valence-electron chi connectivity index (χ1n) is 3.91. The molecular formula is C7H16NO7+. The zero-order valence-corrected chi connectivity index (χ0v) is 8.33. The molecule has 0 aliphatic rings. The summed E-state index contributed by atoms with van der Waals surface area (Å²) in [5.41, 5.74) is 0. The van der Waals surface area contributed by atoms with E-state index in [4.69, 9.17) is 25.5 Å². The fourth-order valence-corrected chi connectivity index (χ4v) is 0.264. The summed E-state index contributed by atoms with van der Waals surface area (Å²) in [4.78, 5) is 18.9. The Balaban J connectivity index is 0. The molecule has 0 spiro atoms. The third-order valence-corrected chi connectivity index (χ3v) is 1.33. The van der Waals surface area contributed by atoms with Crippen LogP contribution in [0.1, 0.15) is 6.42 Å². The van der Waals surface area contributed by atoms with Gasteiger partial charge in [-0.2, -0.15) is 0 Å². The van der Waals surface area contributed by atoms with Gasteiger partial charge in [-0.05, 0) is 0 Å². The van der Waals surface area contributed by atoms with Crippen molar-refractivity contribution in [1.29, 1.82) is 0 Å². The standard InChI is InChI=1S/C4H12NO3.C3H4O4/c1-5(2-6,3-7)4-8;4-2(5)1-3(6)7/h6-8H,2-4H2,1H3;1H2,(H,4,5)(H,6,7)/q+1;. The smallest absolute Gasteiger partial charge is 0.314 e. The average Bonchev–Trinajstić information content (AvgIpc) is 2.15. The molecule has 0 heterocycles. The van der Waals surface area contributed by atoms with E-state index in [0.29, 0.717) is 0 Å². The molecule has 0 atom stereocenters. The largest absolute Gasteiger partial charge is 0.481 e. The van der Waals surface area contributed by atoms with E-state index in [1.807, 2.05) is 0 Å². The number of rotatable bonds is 5. The fourth-order valence-electron chi connectivity index (χ4n) is 0.264. The molecule has 90 valence electrons. The number of nitrogens with zero attached hydrogens (tertiary/aromatic N) is 1. The molecule has 8 nitrogen and oxygen atoms in total. The number of quaternary nitrogens is 1. The lowest BCUT2D eigenvalue weighted by Gasteiger charge is -2.25. The maximum Gasteiger partial charge on any atom is 0.314 e. The first-order chi connectivity index (χ1) is 6.81. The van der Waals surface area contributed by atoms with E-state index in [1.165, 1.54) is 0 Å². The van der Waals surface area contributed by atoms with Gasteiger partial charge in [-0.25, -0.2) is 0 Å². The van der Waals surface area contributed by atoms with Crippen LogP contribution in [-0.2, 0) is 9.59 Å². The third-order valence-electron chi connectivity index (χ3n) is 1.33. The number of aliphatic carboxylic acids is 2. The van der Waals surface area contributed by atoms with Crippen molar-refractivity contribution in [2.75, 3.05) is 27.2 Å². The number of carboxylic acids is 2. The van der Waals surface area contributed by atoms with Gasteiger partial charge in [0.05, 0.1) is 7.05 Å². The zero-order chi connectivity index (χ0) is 12.5. The highest BCUT2D eigenvalue weighted by molar-refractivity contribution is 5.88. The van der Waals surface area contributed by atoms with Crippen molar-refractivity contribution < 1.29 is 39.6 Å². The molecule has 0 aliphatic carbocycles. The van der Waals surface area contributed by atoms with Crippen LogP contribution < -0.4 is 0 Å². The highest BCUT2D eigenvalue weighted by Gasteiger charge is 2.15. The van der Waals surface area contributed by atoms with E-state index in [1.54, 1.807) is 7.05 Å². The van der Waals surface area contributed by atoms with Crippen LogP contribution in [0.4, 0.5) is 0 Å². The van der Waals surface area contributed by atoms with Crippen LogP contribution in [0.2, 0.25) is 0 Å². The molecule has 5 N–H and O–H groups in total. The number of aliphatic hydroxyl groups excluding tert-OH is 3. The summed E-state index contributed by atoms with van der Waals surface area (Å²) in [5.74, 6) is -2.62. The molecule has 0 fully saturated rings. The summed E-state index contributed by atoms with van der Waals surface area (Å²) in [5, 5.41) is 40.7. The van der Waals surface area contributed by atoms with Gasteiger partial charge in [-0.1, -0.05) is 0 Å². The van der Waals surface area contributed by atoms with E-state index in [-0.39, 0.29) is 24.7 Å². The lowest BCUT2D eigenvalue weighted by Crippen LogP contribution is -2.46. The minimum absolute atomic E-state index is 0.125. The van der Waals surface area contributed by atoms with Crippen molar-refractivity contribution >= 4 is 11.9 Å². The van der Waals surface area contributed by atoms with Gasteiger partial charge in [0.15, 0.2) is 20.2 Å². The summed E-state index contributed by atoms with van der Waals surface area (Å²) in [6.07, 6.45) is -0.806. The van der Waals surface area contributed by atoms with Crippen molar-refractivity contribution in [2.24, 2.45) is 0 Å². The summed E-state index contributed by atoms with van der Waals surface area (Å²) in [7, 11) is 1.54. The molecule has 15 heavy (non-hydrogen) atoms.